The molecule has 3 nitrogen and oxygen atoms in total. The van der Waals surface area contributed by atoms with E-state index < -0.39 is 0 Å². The molecule has 0 saturated heterocycles. The molecular weight excluding hydrogens is 219 g/mol. The molecule has 0 atom stereocenters. The van der Waals surface area contributed by atoms with Crippen molar-refractivity contribution in [1.82, 2.24) is 5.32 Å². The number of halogens is 1. The minimum absolute atomic E-state index is 0.234. The quantitative estimate of drug-likeness (QED) is 0.809. The van der Waals surface area contributed by atoms with Crippen molar-refractivity contribution in [2.24, 2.45) is 0 Å². The Hall–Kier alpha value is -1.55. The molecule has 0 unspecified atom stereocenters. The second-order valence-electron chi connectivity index (χ2n) is 4.15. The van der Waals surface area contributed by atoms with E-state index in [-0.39, 0.29) is 5.82 Å². The van der Waals surface area contributed by atoms with Gasteiger partial charge >= 0.3 is 0 Å². The number of hydrogen-bond acceptors (Lipinski definition) is 3. The van der Waals surface area contributed by atoms with Gasteiger partial charge in [-0.25, -0.2) is 4.39 Å². The van der Waals surface area contributed by atoms with Crippen LogP contribution in [-0.2, 0) is 0 Å². The summed E-state index contributed by atoms with van der Waals surface area (Å²) in [6, 6.07) is 6.44. The van der Waals surface area contributed by atoms with Crippen molar-refractivity contribution < 1.29 is 8.81 Å². The van der Waals surface area contributed by atoms with Gasteiger partial charge in [-0.05, 0) is 38.2 Å². The van der Waals surface area contributed by atoms with Crippen LogP contribution < -0.4 is 10.2 Å². The van der Waals surface area contributed by atoms with E-state index in [9.17, 15) is 4.39 Å². The third kappa shape index (κ3) is 2.77. The van der Waals surface area contributed by atoms with E-state index in [4.69, 9.17) is 4.42 Å². The zero-order chi connectivity index (χ0) is 12.3. The maximum absolute atomic E-state index is 13.0. The van der Waals surface area contributed by atoms with E-state index >= 15 is 0 Å². The summed E-state index contributed by atoms with van der Waals surface area (Å²) in [7, 11) is 3.91. The average Bonchev–Trinajstić information content (AvgIpc) is 2.72. The molecule has 2 aromatic rings. The van der Waals surface area contributed by atoms with Gasteiger partial charge in [0.05, 0.1) is 0 Å². The second-order valence-corrected chi connectivity index (χ2v) is 4.15. The molecule has 0 spiro atoms. The molecule has 0 aliphatic rings. The first kappa shape index (κ1) is 11.9. The van der Waals surface area contributed by atoms with Crippen molar-refractivity contribution in [2.45, 2.75) is 6.42 Å². The summed E-state index contributed by atoms with van der Waals surface area (Å²) in [6.07, 6.45) is 1.04. The molecule has 2 rings (SSSR count). The summed E-state index contributed by atoms with van der Waals surface area (Å²) >= 11 is 0. The van der Waals surface area contributed by atoms with E-state index in [1.807, 2.05) is 25.1 Å². The largest absolute Gasteiger partial charge is 0.441 e. The monoisotopic (exact) mass is 236 g/mol. The lowest BCUT2D eigenvalue weighted by molar-refractivity contribution is 0.585. The molecule has 1 aromatic heterocycles. The lowest BCUT2D eigenvalue weighted by Gasteiger charge is -2.15. The minimum atomic E-state index is -0.234. The zero-order valence-electron chi connectivity index (χ0n) is 10.2. The van der Waals surface area contributed by atoms with Gasteiger partial charge in [-0.2, -0.15) is 0 Å². The number of anilines is 1. The van der Waals surface area contributed by atoms with Gasteiger partial charge in [0.2, 0.25) is 0 Å². The molecule has 4 heteroatoms. The molecule has 0 bridgehead atoms. The topological polar surface area (TPSA) is 28.4 Å². The Labute approximate surface area is 100 Å². The molecule has 1 heterocycles. The highest BCUT2D eigenvalue weighted by molar-refractivity contribution is 5.81. The highest BCUT2D eigenvalue weighted by atomic mass is 19.1. The van der Waals surface area contributed by atoms with Crippen LogP contribution in [0.5, 0.6) is 0 Å². The fourth-order valence-corrected chi connectivity index (χ4v) is 1.79. The van der Waals surface area contributed by atoms with Crippen molar-refractivity contribution in [3.63, 3.8) is 0 Å². The SMILES string of the molecule is CNCCCN(C)c1cc2cc(F)ccc2o1. The summed E-state index contributed by atoms with van der Waals surface area (Å²) in [5.74, 6) is 0.546. The van der Waals surface area contributed by atoms with Crippen molar-refractivity contribution in [3.8, 4) is 0 Å². The predicted octanol–water partition coefficient (Wildman–Crippen LogP) is 2.62. The Morgan fingerprint density at radius 1 is 1.35 bits per heavy atom. The van der Waals surface area contributed by atoms with Crippen LogP contribution in [0, 0.1) is 5.82 Å². The first-order chi connectivity index (χ1) is 8.20. The first-order valence-electron chi connectivity index (χ1n) is 5.75. The summed E-state index contributed by atoms with van der Waals surface area (Å²) in [5, 5.41) is 3.91. The highest BCUT2D eigenvalue weighted by Crippen LogP contribution is 2.25. The molecular formula is C13H17FN2O. The van der Waals surface area contributed by atoms with E-state index in [2.05, 4.69) is 5.32 Å². The van der Waals surface area contributed by atoms with Gasteiger partial charge in [0.25, 0.3) is 0 Å². The molecule has 0 amide bonds. The minimum Gasteiger partial charge on any atom is -0.441 e. The number of nitrogens with zero attached hydrogens (tertiary/aromatic N) is 1. The fraction of sp³-hybridized carbons (Fsp3) is 0.385. The normalized spacial score (nSPS) is 11.0. The van der Waals surface area contributed by atoms with E-state index in [0.717, 1.165) is 36.4 Å². The third-order valence-corrected chi connectivity index (χ3v) is 2.76. The lowest BCUT2D eigenvalue weighted by Crippen LogP contribution is -2.21. The Morgan fingerprint density at radius 3 is 2.94 bits per heavy atom. The van der Waals surface area contributed by atoms with E-state index in [0.29, 0.717) is 0 Å². The Kier molecular flexibility index (Phi) is 3.64. The first-order valence-corrected chi connectivity index (χ1v) is 5.75. The van der Waals surface area contributed by atoms with Gasteiger partial charge in [0.1, 0.15) is 11.4 Å². The van der Waals surface area contributed by atoms with Gasteiger partial charge in [-0.1, -0.05) is 0 Å². The van der Waals surface area contributed by atoms with Crippen LogP contribution in [0.3, 0.4) is 0 Å². The summed E-state index contributed by atoms with van der Waals surface area (Å²) < 4.78 is 18.7. The molecule has 17 heavy (non-hydrogen) atoms. The van der Waals surface area contributed by atoms with Crippen molar-refractivity contribution >= 4 is 16.9 Å². The second kappa shape index (κ2) is 5.19. The van der Waals surface area contributed by atoms with Gasteiger partial charge in [0, 0.05) is 25.0 Å². The predicted molar refractivity (Wildman–Crippen MR) is 68.0 cm³/mol. The van der Waals surface area contributed by atoms with E-state index in [1.54, 1.807) is 6.07 Å². The molecule has 0 aliphatic heterocycles. The third-order valence-electron chi connectivity index (χ3n) is 2.76. The number of nitrogens with one attached hydrogen (secondary N) is 1. The van der Waals surface area contributed by atoms with Gasteiger partial charge in [-0.3, -0.25) is 0 Å². The van der Waals surface area contributed by atoms with Crippen LogP contribution in [-0.4, -0.2) is 27.2 Å². The summed E-state index contributed by atoms with van der Waals surface area (Å²) in [5.41, 5.74) is 0.724. The van der Waals surface area contributed by atoms with Gasteiger partial charge in [-0.15, -0.1) is 0 Å². The number of benzene rings is 1. The molecule has 0 fully saturated rings. The average molecular weight is 236 g/mol. The molecule has 0 radical (unpaired) electrons. The maximum Gasteiger partial charge on any atom is 0.196 e. The Bertz CT molecular complexity index is 495. The van der Waals surface area contributed by atoms with Crippen molar-refractivity contribution in [3.05, 3.63) is 30.1 Å². The Balaban J connectivity index is 2.12. The maximum atomic E-state index is 13.0. The van der Waals surface area contributed by atoms with Crippen LogP contribution in [0.2, 0.25) is 0 Å². The van der Waals surface area contributed by atoms with E-state index in [1.165, 1.54) is 12.1 Å². The molecule has 1 aromatic carbocycles. The molecule has 0 saturated carbocycles. The number of hydrogen-bond donors (Lipinski definition) is 1. The smallest absolute Gasteiger partial charge is 0.196 e. The van der Waals surface area contributed by atoms with Crippen LogP contribution in [0.15, 0.2) is 28.7 Å². The molecule has 1 N–H and O–H groups in total. The standard InChI is InChI=1S/C13H17FN2O/c1-15-6-3-7-16(2)13-9-10-8-11(14)4-5-12(10)17-13/h4-5,8-9,15H,3,6-7H2,1-2H3. The number of fused-ring (bicyclic) bond motifs is 1. The van der Waals surface area contributed by atoms with Gasteiger partial charge < -0.3 is 14.6 Å². The van der Waals surface area contributed by atoms with Crippen LogP contribution in [0.25, 0.3) is 11.0 Å². The van der Waals surface area contributed by atoms with Crippen LogP contribution in [0.1, 0.15) is 6.42 Å². The lowest BCUT2D eigenvalue weighted by atomic mass is 10.2. The van der Waals surface area contributed by atoms with Crippen molar-refractivity contribution in [1.29, 1.82) is 0 Å². The number of rotatable bonds is 5. The number of furan rings is 1. The Morgan fingerprint density at radius 2 is 2.18 bits per heavy atom. The van der Waals surface area contributed by atoms with Crippen LogP contribution >= 0.6 is 0 Å². The molecule has 92 valence electrons. The fourth-order valence-electron chi connectivity index (χ4n) is 1.79. The highest BCUT2D eigenvalue weighted by Gasteiger charge is 2.08. The summed E-state index contributed by atoms with van der Waals surface area (Å²) in [6.45, 7) is 1.88. The van der Waals surface area contributed by atoms with Crippen molar-refractivity contribution in [2.75, 3.05) is 32.1 Å². The van der Waals surface area contributed by atoms with Crippen LogP contribution in [0.4, 0.5) is 10.3 Å². The van der Waals surface area contributed by atoms with Gasteiger partial charge in [0.15, 0.2) is 5.88 Å². The summed E-state index contributed by atoms with van der Waals surface area (Å²) in [4.78, 5) is 2.04. The molecule has 0 aliphatic carbocycles. The zero-order valence-corrected chi connectivity index (χ0v) is 10.2.